The summed E-state index contributed by atoms with van der Waals surface area (Å²) in [6, 6.07) is 0. The highest BCUT2D eigenvalue weighted by molar-refractivity contribution is 14.1. The maximum Gasteiger partial charge on any atom is 0.405 e. The van der Waals surface area contributed by atoms with Crippen LogP contribution in [-0.4, -0.2) is 39.4 Å². The zero-order valence-corrected chi connectivity index (χ0v) is 14.0. The van der Waals surface area contributed by atoms with E-state index in [0.717, 1.165) is 0 Å². The lowest BCUT2D eigenvalue weighted by Gasteiger charge is -2.39. The Morgan fingerprint density at radius 2 is 2.05 bits per heavy atom. The number of hydrogen-bond acceptors (Lipinski definition) is 5. The van der Waals surface area contributed by atoms with Gasteiger partial charge in [0.25, 0.3) is 5.56 Å². The zero-order valence-electron chi connectivity index (χ0n) is 11.9. The van der Waals surface area contributed by atoms with Crippen LogP contribution in [0.3, 0.4) is 0 Å². The highest BCUT2D eigenvalue weighted by atomic mass is 127. The largest absolute Gasteiger partial charge is 0.465 e. The Labute approximate surface area is 135 Å². The minimum absolute atomic E-state index is 0.171. The van der Waals surface area contributed by atoms with Crippen molar-refractivity contribution in [1.29, 1.82) is 0 Å². The van der Waals surface area contributed by atoms with Gasteiger partial charge in [-0.1, -0.05) is 0 Å². The lowest BCUT2D eigenvalue weighted by Crippen LogP contribution is -2.53. The molecule has 0 atom stereocenters. The van der Waals surface area contributed by atoms with Crippen LogP contribution in [0.2, 0.25) is 0 Å². The molecule has 2 rings (SSSR count). The standard InChI is InChI=1S/C12H18IN5O3/c1-12(16-11(20)21)3-5-18(6-4-12)10-15-8(14)7(13)9(19)17(10)2/h16H,3-6,14H2,1-2H3,(H,20,21). The molecule has 8 nitrogen and oxygen atoms in total. The number of anilines is 2. The number of hydrogen-bond donors (Lipinski definition) is 3. The normalized spacial score (nSPS) is 17.6. The average Bonchev–Trinajstić information content (AvgIpc) is 2.40. The van der Waals surface area contributed by atoms with Gasteiger partial charge < -0.3 is 21.1 Å². The first kappa shape index (κ1) is 15.9. The number of halogens is 1. The Hall–Kier alpha value is -1.52. The molecule has 21 heavy (non-hydrogen) atoms. The van der Waals surface area contributed by atoms with Crippen molar-refractivity contribution < 1.29 is 9.90 Å². The fourth-order valence-electron chi connectivity index (χ4n) is 2.45. The second-order valence-corrected chi connectivity index (χ2v) is 6.53. The molecule has 0 aliphatic carbocycles. The second kappa shape index (κ2) is 5.70. The minimum Gasteiger partial charge on any atom is -0.465 e. The molecule has 4 N–H and O–H groups in total. The highest BCUT2D eigenvalue weighted by Gasteiger charge is 2.32. The first-order valence-electron chi connectivity index (χ1n) is 6.51. The van der Waals surface area contributed by atoms with Crippen molar-refractivity contribution in [1.82, 2.24) is 14.9 Å². The predicted molar refractivity (Wildman–Crippen MR) is 87.6 cm³/mol. The molecule has 1 aromatic rings. The van der Waals surface area contributed by atoms with E-state index >= 15 is 0 Å². The Morgan fingerprint density at radius 1 is 1.48 bits per heavy atom. The minimum atomic E-state index is -1.02. The number of nitrogens with one attached hydrogen (secondary N) is 1. The van der Waals surface area contributed by atoms with Gasteiger partial charge in [0.05, 0.1) is 0 Å². The van der Waals surface area contributed by atoms with Crippen molar-refractivity contribution in [3.8, 4) is 0 Å². The lowest BCUT2D eigenvalue weighted by atomic mass is 9.90. The summed E-state index contributed by atoms with van der Waals surface area (Å²) in [6.07, 6.45) is 0.261. The van der Waals surface area contributed by atoms with Gasteiger partial charge in [-0.2, -0.15) is 4.98 Å². The molecule has 0 saturated carbocycles. The molecule has 1 aliphatic rings. The summed E-state index contributed by atoms with van der Waals surface area (Å²) in [7, 11) is 1.66. The number of nitrogen functional groups attached to an aromatic ring is 1. The van der Waals surface area contributed by atoms with Gasteiger partial charge >= 0.3 is 6.09 Å². The monoisotopic (exact) mass is 407 g/mol. The maximum atomic E-state index is 12.0. The van der Waals surface area contributed by atoms with Crippen molar-refractivity contribution in [2.45, 2.75) is 25.3 Å². The van der Waals surface area contributed by atoms with E-state index in [-0.39, 0.29) is 11.4 Å². The summed E-state index contributed by atoms with van der Waals surface area (Å²) in [4.78, 5) is 29.1. The van der Waals surface area contributed by atoms with Crippen molar-refractivity contribution in [3.05, 3.63) is 13.9 Å². The van der Waals surface area contributed by atoms with Gasteiger partial charge in [-0.3, -0.25) is 9.36 Å². The number of aromatic nitrogens is 2. The molecule has 0 spiro atoms. The van der Waals surface area contributed by atoms with E-state index in [2.05, 4.69) is 10.3 Å². The highest BCUT2D eigenvalue weighted by Crippen LogP contribution is 2.25. The number of rotatable bonds is 2. The molecule has 1 saturated heterocycles. The molecule has 0 aromatic carbocycles. The summed E-state index contributed by atoms with van der Waals surface area (Å²) >= 11 is 1.89. The zero-order chi connectivity index (χ0) is 15.8. The van der Waals surface area contributed by atoms with Crippen LogP contribution >= 0.6 is 22.6 Å². The van der Waals surface area contributed by atoms with Crippen LogP contribution in [0.4, 0.5) is 16.6 Å². The van der Waals surface area contributed by atoms with E-state index in [1.54, 1.807) is 7.05 Å². The first-order chi connectivity index (χ1) is 9.73. The van der Waals surface area contributed by atoms with Crippen LogP contribution < -0.4 is 21.5 Å². The molecule has 1 aliphatic heterocycles. The molecule has 116 valence electrons. The number of carboxylic acid groups (broad SMARTS) is 1. The van der Waals surface area contributed by atoms with Crippen molar-refractivity contribution in [3.63, 3.8) is 0 Å². The third-order valence-electron chi connectivity index (χ3n) is 3.80. The Bertz CT molecular complexity index is 622. The SMILES string of the molecule is Cn1c(N2CCC(C)(NC(=O)O)CC2)nc(N)c(I)c1=O. The molecule has 1 fully saturated rings. The molecule has 0 bridgehead atoms. The van der Waals surface area contributed by atoms with Crippen molar-refractivity contribution in [2.75, 3.05) is 23.7 Å². The Balaban J connectivity index is 2.20. The first-order valence-corrected chi connectivity index (χ1v) is 7.59. The fourth-order valence-corrected chi connectivity index (χ4v) is 2.93. The van der Waals surface area contributed by atoms with Gasteiger partial charge in [-0.05, 0) is 42.4 Å². The average molecular weight is 407 g/mol. The van der Waals surface area contributed by atoms with Crippen LogP contribution in [-0.2, 0) is 7.05 Å². The summed E-state index contributed by atoms with van der Waals surface area (Å²) in [5, 5.41) is 11.4. The molecular weight excluding hydrogens is 389 g/mol. The van der Waals surface area contributed by atoms with E-state index in [4.69, 9.17) is 10.8 Å². The number of amides is 1. The summed E-state index contributed by atoms with van der Waals surface area (Å²) in [5.74, 6) is 0.751. The van der Waals surface area contributed by atoms with E-state index in [0.29, 0.717) is 35.4 Å². The topological polar surface area (TPSA) is 113 Å². The lowest BCUT2D eigenvalue weighted by molar-refractivity contribution is 0.173. The summed E-state index contributed by atoms with van der Waals surface area (Å²) in [6.45, 7) is 3.10. The van der Waals surface area contributed by atoms with Crippen LogP contribution in [0, 0.1) is 3.57 Å². The smallest absolute Gasteiger partial charge is 0.405 e. The van der Waals surface area contributed by atoms with Gasteiger partial charge in [0.1, 0.15) is 9.39 Å². The number of nitrogens with two attached hydrogens (primary N) is 1. The van der Waals surface area contributed by atoms with Gasteiger partial charge in [0.15, 0.2) is 0 Å². The van der Waals surface area contributed by atoms with E-state index in [9.17, 15) is 9.59 Å². The molecule has 0 unspecified atom stereocenters. The molecule has 1 amide bonds. The predicted octanol–water partition coefficient (Wildman–Crippen LogP) is 0.594. The molecular formula is C12H18IN5O3. The summed E-state index contributed by atoms with van der Waals surface area (Å²) in [5.41, 5.74) is 5.15. The van der Waals surface area contributed by atoms with Crippen LogP contribution in [0.25, 0.3) is 0 Å². The van der Waals surface area contributed by atoms with E-state index in [1.807, 2.05) is 34.4 Å². The van der Waals surface area contributed by atoms with Crippen LogP contribution in [0.5, 0.6) is 0 Å². The Kier molecular flexibility index (Phi) is 4.30. The van der Waals surface area contributed by atoms with Gasteiger partial charge in [-0.25, -0.2) is 4.79 Å². The second-order valence-electron chi connectivity index (χ2n) is 5.45. The molecule has 0 radical (unpaired) electrons. The molecule has 2 heterocycles. The third kappa shape index (κ3) is 3.22. The number of piperidine rings is 1. The molecule has 1 aromatic heterocycles. The molecule has 9 heteroatoms. The third-order valence-corrected chi connectivity index (χ3v) is 4.81. The number of carbonyl (C=O) groups is 1. The Morgan fingerprint density at radius 3 is 2.57 bits per heavy atom. The quantitative estimate of drug-likeness (QED) is 0.619. The van der Waals surface area contributed by atoms with E-state index < -0.39 is 11.6 Å². The van der Waals surface area contributed by atoms with E-state index in [1.165, 1.54) is 4.57 Å². The maximum absolute atomic E-state index is 12.0. The van der Waals surface area contributed by atoms with Crippen LogP contribution in [0.1, 0.15) is 19.8 Å². The summed E-state index contributed by atoms with van der Waals surface area (Å²) < 4.78 is 1.89. The van der Waals surface area contributed by atoms with Crippen molar-refractivity contribution in [2.24, 2.45) is 7.05 Å². The van der Waals surface area contributed by atoms with Gasteiger partial charge in [-0.15, -0.1) is 0 Å². The van der Waals surface area contributed by atoms with Gasteiger partial charge in [0.2, 0.25) is 5.95 Å². The van der Waals surface area contributed by atoms with Crippen LogP contribution in [0.15, 0.2) is 4.79 Å². The van der Waals surface area contributed by atoms with Crippen molar-refractivity contribution >= 4 is 40.5 Å². The fraction of sp³-hybridized carbons (Fsp3) is 0.583. The number of nitrogens with zero attached hydrogens (tertiary/aromatic N) is 3. The van der Waals surface area contributed by atoms with Gasteiger partial charge in [0, 0.05) is 25.7 Å².